The van der Waals surface area contributed by atoms with Gasteiger partial charge in [0.2, 0.25) is 0 Å². The van der Waals surface area contributed by atoms with Crippen molar-refractivity contribution in [1.29, 1.82) is 0 Å². The van der Waals surface area contributed by atoms with Gasteiger partial charge in [-0.3, -0.25) is 0 Å². The second kappa shape index (κ2) is 5.71. The highest BCUT2D eigenvalue weighted by Crippen LogP contribution is 2.22. The lowest BCUT2D eigenvalue weighted by atomic mass is 10.2. The minimum absolute atomic E-state index is 0.313. The lowest BCUT2D eigenvalue weighted by Crippen LogP contribution is -2.13. The third-order valence-electron chi connectivity index (χ3n) is 2.30. The molecule has 2 rings (SSSR count). The molecule has 5 heteroatoms. The maximum atomic E-state index is 13.3. The summed E-state index contributed by atoms with van der Waals surface area (Å²) in [4.78, 5) is 1.14. The van der Waals surface area contributed by atoms with Crippen molar-refractivity contribution in [3.63, 3.8) is 0 Å². The summed E-state index contributed by atoms with van der Waals surface area (Å²) in [6.07, 6.45) is 0. The molecule has 0 saturated heterocycles. The Bertz CT molecular complexity index is 513. The van der Waals surface area contributed by atoms with Gasteiger partial charge in [-0.1, -0.05) is 0 Å². The number of thiophene rings is 1. The molecule has 0 bridgehead atoms. The molecule has 0 fully saturated rings. The minimum atomic E-state index is -0.416. The van der Waals surface area contributed by atoms with E-state index in [1.165, 1.54) is 6.07 Å². The molecule has 90 valence electrons. The van der Waals surface area contributed by atoms with Crippen LogP contribution in [0.15, 0.2) is 34.1 Å². The van der Waals surface area contributed by atoms with E-state index in [0.29, 0.717) is 18.7 Å². The molecule has 1 aromatic heterocycles. The van der Waals surface area contributed by atoms with Gasteiger partial charge in [-0.15, -0.1) is 11.3 Å². The Labute approximate surface area is 111 Å². The topological polar surface area (TPSA) is 12.0 Å². The zero-order chi connectivity index (χ0) is 12.3. The summed E-state index contributed by atoms with van der Waals surface area (Å²) in [5.74, 6) is -0.801. The van der Waals surface area contributed by atoms with Crippen molar-refractivity contribution in [3.05, 3.63) is 56.2 Å². The molecule has 0 saturated carbocycles. The van der Waals surface area contributed by atoms with Crippen LogP contribution in [0.2, 0.25) is 0 Å². The SMILES string of the molecule is Fc1ccc(F)c(CNCc2sccc2Br)c1. The summed E-state index contributed by atoms with van der Waals surface area (Å²) in [5.41, 5.74) is 0.345. The summed E-state index contributed by atoms with van der Waals surface area (Å²) in [7, 11) is 0. The predicted octanol–water partition coefficient (Wildman–Crippen LogP) is 4.08. The fourth-order valence-corrected chi connectivity index (χ4v) is 2.90. The number of hydrogen-bond donors (Lipinski definition) is 1. The molecule has 0 unspecified atom stereocenters. The number of hydrogen-bond acceptors (Lipinski definition) is 2. The molecule has 2 aromatic rings. The molecular weight excluding hydrogens is 308 g/mol. The number of benzene rings is 1. The van der Waals surface area contributed by atoms with Crippen molar-refractivity contribution >= 4 is 27.3 Å². The first kappa shape index (κ1) is 12.7. The van der Waals surface area contributed by atoms with E-state index in [2.05, 4.69) is 21.2 Å². The van der Waals surface area contributed by atoms with E-state index in [-0.39, 0.29) is 5.82 Å². The van der Waals surface area contributed by atoms with Crippen LogP contribution in [0.1, 0.15) is 10.4 Å². The zero-order valence-electron chi connectivity index (χ0n) is 8.84. The van der Waals surface area contributed by atoms with Crippen LogP contribution in [-0.4, -0.2) is 0 Å². The van der Waals surface area contributed by atoms with Gasteiger partial charge >= 0.3 is 0 Å². The van der Waals surface area contributed by atoms with Gasteiger partial charge in [0.15, 0.2) is 0 Å². The number of halogens is 3. The first-order valence-corrected chi connectivity index (χ1v) is 6.70. The van der Waals surface area contributed by atoms with Crippen LogP contribution in [0.4, 0.5) is 8.78 Å². The standard InChI is InChI=1S/C12H10BrF2NS/c13-10-3-4-17-12(10)7-16-6-8-5-9(14)1-2-11(8)15/h1-5,16H,6-7H2. The molecule has 0 radical (unpaired) electrons. The molecule has 0 aliphatic heterocycles. The third-order valence-corrected chi connectivity index (χ3v) is 4.23. The molecule has 1 heterocycles. The predicted molar refractivity (Wildman–Crippen MR) is 68.9 cm³/mol. The second-order valence-corrected chi connectivity index (χ2v) is 5.39. The van der Waals surface area contributed by atoms with Crippen molar-refractivity contribution in [3.8, 4) is 0 Å². The Morgan fingerprint density at radius 3 is 2.71 bits per heavy atom. The normalized spacial score (nSPS) is 10.8. The van der Waals surface area contributed by atoms with E-state index in [1.54, 1.807) is 11.3 Å². The Kier molecular flexibility index (Phi) is 4.25. The lowest BCUT2D eigenvalue weighted by Gasteiger charge is -2.05. The Morgan fingerprint density at radius 1 is 1.18 bits per heavy atom. The Hall–Kier alpha value is -0.780. The first-order valence-electron chi connectivity index (χ1n) is 5.03. The van der Waals surface area contributed by atoms with Gasteiger partial charge in [0, 0.05) is 28.0 Å². The second-order valence-electron chi connectivity index (χ2n) is 3.53. The molecule has 1 aromatic carbocycles. The fourth-order valence-electron chi connectivity index (χ4n) is 1.44. The summed E-state index contributed by atoms with van der Waals surface area (Å²) in [5, 5.41) is 5.06. The molecule has 0 amide bonds. The van der Waals surface area contributed by atoms with E-state index >= 15 is 0 Å². The van der Waals surface area contributed by atoms with Crippen LogP contribution in [0.25, 0.3) is 0 Å². The van der Waals surface area contributed by atoms with E-state index in [1.807, 2.05) is 11.4 Å². The average molecular weight is 318 g/mol. The van der Waals surface area contributed by atoms with Crippen molar-refractivity contribution in [2.45, 2.75) is 13.1 Å². The highest BCUT2D eigenvalue weighted by atomic mass is 79.9. The highest BCUT2D eigenvalue weighted by molar-refractivity contribution is 9.10. The smallest absolute Gasteiger partial charge is 0.127 e. The van der Waals surface area contributed by atoms with Gasteiger partial charge in [-0.2, -0.15) is 0 Å². The van der Waals surface area contributed by atoms with E-state index in [9.17, 15) is 8.78 Å². The molecule has 1 nitrogen and oxygen atoms in total. The molecule has 0 aliphatic carbocycles. The van der Waals surface area contributed by atoms with Gasteiger partial charge in [0.1, 0.15) is 11.6 Å². The van der Waals surface area contributed by atoms with Gasteiger partial charge in [0.25, 0.3) is 0 Å². The summed E-state index contributed by atoms with van der Waals surface area (Å²) >= 11 is 5.03. The quantitative estimate of drug-likeness (QED) is 0.896. The maximum Gasteiger partial charge on any atom is 0.127 e. The van der Waals surface area contributed by atoms with Gasteiger partial charge < -0.3 is 5.32 Å². The largest absolute Gasteiger partial charge is 0.308 e. The first-order chi connectivity index (χ1) is 8.16. The Morgan fingerprint density at radius 2 is 2.00 bits per heavy atom. The maximum absolute atomic E-state index is 13.3. The summed E-state index contributed by atoms with van der Waals surface area (Å²) < 4.78 is 27.3. The van der Waals surface area contributed by atoms with Crippen LogP contribution < -0.4 is 5.32 Å². The van der Waals surface area contributed by atoms with Crippen molar-refractivity contribution in [2.24, 2.45) is 0 Å². The monoisotopic (exact) mass is 317 g/mol. The number of nitrogens with one attached hydrogen (secondary N) is 1. The summed E-state index contributed by atoms with van der Waals surface area (Å²) in [6.45, 7) is 0.947. The van der Waals surface area contributed by atoms with Crippen LogP contribution >= 0.6 is 27.3 Å². The Balaban J connectivity index is 1.94. The van der Waals surface area contributed by atoms with Crippen molar-refractivity contribution in [2.75, 3.05) is 0 Å². The van der Waals surface area contributed by atoms with Crippen LogP contribution in [0, 0.1) is 11.6 Å². The van der Waals surface area contributed by atoms with Crippen molar-refractivity contribution in [1.82, 2.24) is 5.32 Å². The molecule has 17 heavy (non-hydrogen) atoms. The fraction of sp³-hybridized carbons (Fsp3) is 0.167. The molecular formula is C12H10BrF2NS. The number of rotatable bonds is 4. The zero-order valence-corrected chi connectivity index (χ0v) is 11.2. The third kappa shape index (κ3) is 3.34. The van der Waals surface area contributed by atoms with Gasteiger partial charge in [-0.25, -0.2) is 8.78 Å². The molecule has 0 spiro atoms. The van der Waals surface area contributed by atoms with Crippen LogP contribution in [-0.2, 0) is 13.1 Å². The van der Waals surface area contributed by atoms with Crippen LogP contribution in [0.3, 0.4) is 0 Å². The van der Waals surface area contributed by atoms with E-state index in [4.69, 9.17) is 0 Å². The minimum Gasteiger partial charge on any atom is -0.308 e. The van der Waals surface area contributed by atoms with Gasteiger partial charge in [-0.05, 0) is 45.6 Å². The van der Waals surface area contributed by atoms with Crippen molar-refractivity contribution < 1.29 is 8.78 Å². The van der Waals surface area contributed by atoms with E-state index in [0.717, 1.165) is 21.5 Å². The van der Waals surface area contributed by atoms with E-state index < -0.39 is 5.82 Å². The molecule has 1 N–H and O–H groups in total. The lowest BCUT2D eigenvalue weighted by molar-refractivity contribution is 0.569. The summed E-state index contributed by atoms with van der Waals surface area (Å²) in [6, 6.07) is 5.44. The van der Waals surface area contributed by atoms with Crippen LogP contribution in [0.5, 0.6) is 0 Å². The average Bonchev–Trinajstić information content (AvgIpc) is 2.70. The highest BCUT2D eigenvalue weighted by Gasteiger charge is 2.05. The molecule has 0 atom stereocenters. The molecule has 0 aliphatic rings. The van der Waals surface area contributed by atoms with Gasteiger partial charge in [0.05, 0.1) is 0 Å².